The summed E-state index contributed by atoms with van der Waals surface area (Å²) in [5.74, 6) is 2.39. The Morgan fingerprint density at radius 2 is 1.94 bits per heavy atom. The second-order valence-electron chi connectivity index (χ2n) is 5.69. The summed E-state index contributed by atoms with van der Waals surface area (Å²) in [5.41, 5.74) is 0. The molecule has 0 aliphatic carbocycles. The second-order valence-corrected chi connectivity index (χ2v) is 5.69. The maximum atomic E-state index is 5.61. The van der Waals surface area contributed by atoms with Crippen LogP contribution in [-0.2, 0) is 4.74 Å². The van der Waals surface area contributed by atoms with Crippen LogP contribution in [0.5, 0.6) is 0 Å². The van der Waals surface area contributed by atoms with Crippen LogP contribution in [0.4, 0.5) is 0 Å². The van der Waals surface area contributed by atoms with Gasteiger partial charge in [-0.15, -0.1) is 0 Å². The number of nitrogens with zero attached hydrogens (tertiary/aromatic N) is 1. The fourth-order valence-corrected chi connectivity index (χ4v) is 3.09. The molecule has 2 fully saturated rings. The molecule has 1 N–H and O–H groups in total. The average Bonchev–Trinajstić information content (AvgIpc) is 2.59. The highest BCUT2D eigenvalue weighted by Gasteiger charge is 2.31. The quantitative estimate of drug-likeness (QED) is 0.782. The number of nitrogens with one attached hydrogen (secondary N) is 1. The highest BCUT2D eigenvalue weighted by atomic mass is 16.5. The van der Waals surface area contributed by atoms with Crippen molar-refractivity contribution in [2.75, 3.05) is 39.9 Å². The van der Waals surface area contributed by atoms with E-state index in [0.29, 0.717) is 12.0 Å². The standard InChI is InChI=1S/C13H26N2O/c1-10-6-15(7-11(10)2)8-12-9-16-5-4-13(12)14-3/h10-14H,4-9H2,1-3H3. The summed E-state index contributed by atoms with van der Waals surface area (Å²) in [5, 5.41) is 3.44. The van der Waals surface area contributed by atoms with Gasteiger partial charge in [-0.1, -0.05) is 13.8 Å². The molecule has 2 heterocycles. The van der Waals surface area contributed by atoms with Gasteiger partial charge in [0.2, 0.25) is 0 Å². The van der Waals surface area contributed by atoms with E-state index in [9.17, 15) is 0 Å². The van der Waals surface area contributed by atoms with E-state index in [1.165, 1.54) is 26.1 Å². The molecule has 16 heavy (non-hydrogen) atoms. The van der Waals surface area contributed by atoms with Gasteiger partial charge in [0.25, 0.3) is 0 Å². The van der Waals surface area contributed by atoms with Gasteiger partial charge in [0.05, 0.1) is 6.61 Å². The van der Waals surface area contributed by atoms with E-state index in [4.69, 9.17) is 4.74 Å². The van der Waals surface area contributed by atoms with Crippen molar-refractivity contribution in [1.82, 2.24) is 10.2 Å². The van der Waals surface area contributed by atoms with E-state index in [-0.39, 0.29) is 0 Å². The zero-order valence-electron chi connectivity index (χ0n) is 10.9. The van der Waals surface area contributed by atoms with Crippen LogP contribution in [0.1, 0.15) is 20.3 Å². The molecule has 0 spiro atoms. The molecule has 0 saturated carbocycles. The van der Waals surface area contributed by atoms with Crippen molar-refractivity contribution in [3.63, 3.8) is 0 Å². The molecule has 0 amide bonds. The fraction of sp³-hybridized carbons (Fsp3) is 1.00. The molecule has 0 aromatic rings. The molecule has 2 saturated heterocycles. The van der Waals surface area contributed by atoms with Gasteiger partial charge in [-0.2, -0.15) is 0 Å². The predicted octanol–water partition coefficient (Wildman–Crippen LogP) is 1.20. The van der Waals surface area contributed by atoms with Gasteiger partial charge >= 0.3 is 0 Å². The topological polar surface area (TPSA) is 24.5 Å². The Kier molecular flexibility index (Phi) is 4.22. The van der Waals surface area contributed by atoms with Crippen molar-refractivity contribution in [2.24, 2.45) is 17.8 Å². The maximum absolute atomic E-state index is 5.61. The van der Waals surface area contributed by atoms with Gasteiger partial charge in [0.15, 0.2) is 0 Å². The highest BCUT2D eigenvalue weighted by Crippen LogP contribution is 2.24. The van der Waals surface area contributed by atoms with Gasteiger partial charge in [-0.3, -0.25) is 0 Å². The third kappa shape index (κ3) is 2.76. The molecule has 4 atom stereocenters. The van der Waals surface area contributed by atoms with Crippen LogP contribution in [0.2, 0.25) is 0 Å². The zero-order chi connectivity index (χ0) is 11.5. The predicted molar refractivity (Wildman–Crippen MR) is 66.5 cm³/mol. The zero-order valence-corrected chi connectivity index (χ0v) is 10.9. The Labute approximate surface area is 99.5 Å². The smallest absolute Gasteiger partial charge is 0.0521 e. The summed E-state index contributed by atoms with van der Waals surface area (Å²) in [6.45, 7) is 10.4. The lowest BCUT2D eigenvalue weighted by Gasteiger charge is -2.34. The Bertz CT molecular complexity index is 212. The van der Waals surface area contributed by atoms with E-state index < -0.39 is 0 Å². The van der Waals surface area contributed by atoms with Crippen LogP contribution < -0.4 is 5.32 Å². The lowest BCUT2D eigenvalue weighted by molar-refractivity contribution is 0.0208. The molecular weight excluding hydrogens is 200 g/mol. The normalized spacial score (nSPS) is 41.4. The van der Waals surface area contributed by atoms with Crippen LogP contribution in [0.3, 0.4) is 0 Å². The van der Waals surface area contributed by atoms with E-state index >= 15 is 0 Å². The van der Waals surface area contributed by atoms with Crippen LogP contribution in [-0.4, -0.2) is 50.8 Å². The highest BCUT2D eigenvalue weighted by molar-refractivity contribution is 4.85. The summed E-state index contributed by atoms with van der Waals surface area (Å²) in [4.78, 5) is 2.62. The van der Waals surface area contributed by atoms with Gasteiger partial charge in [-0.05, 0) is 25.3 Å². The first-order valence-corrected chi connectivity index (χ1v) is 6.68. The minimum Gasteiger partial charge on any atom is -0.381 e. The van der Waals surface area contributed by atoms with Gasteiger partial charge in [-0.25, -0.2) is 0 Å². The molecule has 0 aromatic heterocycles. The minimum atomic E-state index is 0.653. The molecule has 3 nitrogen and oxygen atoms in total. The van der Waals surface area contributed by atoms with E-state index in [1.54, 1.807) is 0 Å². The Hall–Kier alpha value is -0.120. The van der Waals surface area contributed by atoms with E-state index in [1.807, 2.05) is 0 Å². The number of rotatable bonds is 3. The third-order valence-electron chi connectivity index (χ3n) is 4.40. The number of hydrogen-bond acceptors (Lipinski definition) is 3. The molecule has 2 rings (SSSR count). The number of ether oxygens (including phenoxy) is 1. The lowest BCUT2D eigenvalue weighted by atomic mass is 9.95. The molecule has 0 radical (unpaired) electrons. The summed E-state index contributed by atoms with van der Waals surface area (Å²) >= 11 is 0. The van der Waals surface area contributed by atoms with Crippen LogP contribution in [0.25, 0.3) is 0 Å². The van der Waals surface area contributed by atoms with Crippen molar-refractivity contribution < 1.29 is 4.74 Å². The second kappa shape index (κ2) is 5.48. The molecule has 94 valence electrons. The molecule has 0 aromatic carbocycles. The van der Waals surface area contributed by atoms with Crippen molar-refractivity contribution in [3.05, 3.63) is 0 Å². The summed E-state index contributed by atoms with van der Waals surface area (Å²) in [6.07, 6.45) is 1.17. The Morgan fingerprint density at radius 1 is 1.25 bits per heavy atom. The molecule has 2 aliphatic rings. The summed E-state index contributed by atoms with van der Waals surface area (Å²) in [6, 6.07) is 0.653. The Balaban J connectivity index is 1.84. The Morgan fingerprint density at radius 3 is 2.56 bits per heavy atom. The largest absolute Gasteiger partial charge is 0.381 e. The van der Waals surface area contributed by atoms with Crippen LogP contribution in [0, 0.1) is 17.8 Å². The van der Waals surface area contributed by atoms with Crippen LogP contribution >= 0.6 is 0 Å². The molecule has 0 bridgehead atoms. The van der Waals surface area contributed by atoms with Crippen LogP contribution in [0.15, 0.2) is 0 Å². The maximum Gasteiger partial charge on any atom is 0.0521 e. The average molecular weight is 226 g/mol. The minimum absolute atomic E-state index is 0.653. The van der Waals surface area contributed by atoms with Gasteiger partial charge < -0.3 is 15.0 Å². The van der Waals surface area contributed by atoms with E-state index in [0.717, 1.165) is 25.0 Å². The molecular formula is C13H26N2O. The SMILES string of the molecule is CNC1CCOCC1CN1CC(C)C(C)C1. The third-order valence-corrected chi connectivity index (χ3v) is 4.40. The van der Waals surface area contributed by atoms with Gasteiger partial charge in [0.1, 0.15) is 0 Å². The first-order valence-electron chi connectivity index (χ1n) is 6.68. The monoisotopic (exact) mass is 226 g/mol. The van der Waals surface area contributed by atoms with Crippen molar-refractivity contribution in [3.8, 4) is 0 Å². The first kappa shape index (κ1) is 12.3. The van der Waals surface area contributed by atoms with Crippen molar-refractivity contribution in [2.45, 2.75) is 26.3 Å². The molecule has 3 heteroatoms. The number of hydrogen-bond donors (Lipinski definition) is 1. The fourth-order valence-electron chi connectivity index (χ4n) is 3.09. The summed E-state index contributed by atoms with van der Waals surface area (Å²) < 4.78 is 5.61. The number of likely N-dealkylation sites (tertiary alicyclic amines) is 1. The van der Waals surface area contributed by atoms with E-state index in [2.05, 4.69) is 31.1 Å². The summed E-state index contributed by atoms with van der Waals surface area (Å²) in [7, 11) is 2.08. The van der Waals surface area contributed by atoms with Gasteiger partial charge in [0, 0.05) is 38.2 Å². The molecule has 2 aliphatic heterocycles. The van der Waals surface area contributed by atoms with Crippen molar-refractivity contribution >= 4 is 0 Å². The lowest BCUT2D eigenvalue weighted by Crippen LogP contribution is -2.46. The molecule has 4 unspecified atom stereocenters. The first-order chi connectivity index (χ1) is 7.70. The van der Waals surface area contributed by atoms with Crippen molar-refractivity contribution in [1.29, 1.82) is 0 Å².